The fourth-order valence-electron chi connectivity index (χ4n) is 6.45. The summed E-state index contributed by atoms with van der Waals surface area (Å²) < 4.78 is 2.44. The van der Waals surface area contributed by atoms with Crippen molar-refractivity contribution in [2.24, 2.45) is 5.41 Å². The molecule has 0 unspecified atom stereocenters. The summed E-state index contributed by atoms with van der Waals surface area (Å²) in [4.78, 5) is 22.9. The second-order valence-electron chi connectivity index (χ2n) is 14.6. The van der Waals surface area contributed by atoms with Gasteiger partial charge in [-0.3, -0.25) is 9.78 Å². The van der Waals surface area contributed by atoms with Gasteiger partial charge in [-0.05, 0) is 41.9 Å². The predicted octanol–water partition coefficient (Wildman–Crippen LogP) is 10.9. The van der Waals surface area contributed by atoms with Gasteiger partial charge in [0.05, 0.1) is 16.7 Å². The zero-order valence-corrected chi connectivity index (χ0v) is 29.6. The Morgan fingerprint density at radius 2 is 1.35 bits per heavy atom. The van der Waals surface area contributed by atoms with Gasteiger partial charge in [0, 0.05) is 31.3 Å². The SMILES string of the molecule is CCCCCCCCCCCCCC(=O)NCc1ccc(Cn2c(CCCC)nc3c(CC(C)(C)C)nc4ccccc4c32)cc1. The Bertz CT molecular complexity index is 1500. The maximum absolute atomic E-state index is 12.5. The number of pyridine rings is 1. The van der Waals surface area contributed by atoms with E-state index < -0.39 is 0 Å². The van der Waals surface area contributed by atoms with Crippen LogP contribution in [-0.4, -0.2) is 20.4 Å². The molecule has 0 aliphatic heterocycles. The molecule has 4 aromatic rings. The number of rotatable bonds is 20. The lowest BCUT2D eigenvalue weighted by Crippen LogP contribution is -2.22. The van der Waals surface area contributed by atoms with Crippen LogP contribution < -0.4 is 5.32 Å². The van der Waals surface area contributed by atoms with E-state index in [2.05, 4.69) is 93.0 Å². The van der Waals surface area contributed by atoms with Crippen LogP contribution in [0.4, 0.5) is 0 Å². The van der Waals surface area contributed by atoms with Crippen molar-refractivity contribution in [3.05, 3.63) is 71.2 Å². The fraction of sp³-hybridized carbons (Fsp3) is 0.585. The van der Waals surface area contributed by atoms with Gasteiger partial charge in [0.2, 0.25) is 5.91 Å². The van der Waals surface area contributed by atoms with E-state index in [1.54, 1.807) is 0 Å². The summed E-state index contributed by atoms with van der Waals surface area (Å²) >= 11 is 0. The van der Waals surface area contributed by atoms with Gasteiger partial charge in [-0.25, -0.2) is 4.98 Å². The number of carbonyl (C=O) groups is 1. The van der Waals surface area contributed by atoms with Crippen LogP contribution in [0.5, 0.6) is 0 Å². The Morgan fingerprint density at radius 3 is 2.00 bits per heavy atom. The number of carbonyl (C=O) groups excluding carboxylic acids is 1. The molecule has 0 bridgehead atoms. The number of hydrogen-bond donors (Lipinski definition) is 1. The molecule has 250 valence electrons. The second kappa shape index (κ2) is 18.2. The summed E-state index contributed by atoms with van der Waals surface area (Å²) in [6.45, 7) is 12.7. The first-order chi connectivity index (χ1) is 22.3. The molecule has 0 saturated heterocycles. The zero-order chi connectivity index (χ0) is 32.8. The summed E-state index contributed by atoms with van der Waals surface area (Å²) in [6.07, 6.45) is 19.0. The molecule has 0 atom stereocenters. The lowest BCUT2D eigenvalue weighted by atomic mass is 9.89. The second-order valence-corrected chi connectivity index (χ2v) is 14.6. The summed E-state index contributed by atoms with van der Waals surface area (Å²) in [6, 6.07) is 17.2. The molecular weight excluding hydrogens is 564 g/mol. The van der Waals surface area contributed by atoms with E-state index in [0.29, 0.717) is 13.0 Å². The Morgan fingerprint density at radius 1 is 0.739 bits per heavy atom. The molecular formula is C41H60N4O. The minimum atomic E-state index is 0.119. The number of aryl methyl sites for hydroxylation is 1. The van der Waals surface area contributed by atoms with E-state index in [1.807, 2.05) is 0 Å². The molecule has 2 aromatic heterocycles. The summed E-state index contributed by atoms with van der Waals surface area (Å²) in [7, 11) is 0. The quantitative estimate of drug-likeness (QED) is 0.0995. The molecule has 2 heterocycles. The van der Waals surface area contributed by atoms with Crippen LogP contribution in [0.2, 0.25) is 0 Å². The highest BCUT2D eigenvalue weighted by Crippen LogP contribution is 2.32. The molecule has 0 saturated carbocycles. The molecule has 0 spiro atoms. The number of imidazole rings is 1. The monoisotopic (exact) mass is 624 g/mol. The Balaban J connectivity index is 1.34. The van der Waals surface area contributed by atoms with Crippen molar-refractivity contribution in [2.75, 3.05) is 0 Å². The first-order valence-corrected chi connectivity index (χ1v) is 18.4. The molecule has 1 N–H and O–H groups in total. The van der Waals surface area contributed by atoms with Crippen LogP contribution >= 0.6 is 0 Å². The molecule has 5 heteroatoms. The molecule has 4 rings (SSSR count). The van der Waals surface area contributed by atoms with Gasteiger partial charge >= 0.3 is 0 Å². The molecule has 0 fully saturated rings. The summed E-state index contributed by atoms with van der Waals surface area (Å²) in [5.41, 5.74) is 6.89. The van der Waals surface area contributed by atoms with Crippen LogP contribution in [0.3, 0.4) is 0 Å². The zero-order valence-electron chi connectivity index (χ0n) is 29.6. The van der Waals surface area contributed by atoms with E-state index >= 15 is 0 Å². The lowest BCUT2D eigenvalue weighted by molar-refractivity contribution is -0.121. The number of nitrogens with one attached hydrogen (secondary N) is 1. The van der Waals surface area contributed by atoms with Crippen molar-refractivity contribution in [3.63, 3.8) is 0 Å². The van der Waals surface area contributed by atoms with Crippen LogP contribution in [-0.2, 0) is 30.7 Å². The normalized spacial score (nSPS) is 11.9. The third-order valence-electron chi connectivity index (χ3n) is 9.05. The van der Waals surface area contributed by atoms with Gasteiger partial charge in [-0.2, -0.15) is 0 Å². The number of fused-ring (bicyclic) bond motifs is 3. The maximum Gasteiger partial charge on any atom is 0.220 e. The molecule has 0 radical (unpaired) electrons. The van der Waals surface area contributed by atoms with Crippen molar-refractivity contribution in [1.29, 1.82) is 0 Å². The largest absolute Gasteiger partial charge is 0.352 e. The lowest BCUT2D eigenvalue weighted by Gasteiger charge is -2.18. The Hall–Kier alpha value is -3.21. The molecule has 46 heavy (non-hydrogen) atoms. The van der Waals surface area contributed by atoms with Gasteiger partial charge in [-0.1, -0.05) is 148 Å². The van der Waals surface area contributed by atoms with Crippen molar-refractivity contribution in [3.8, 4) is 0 Å². The number of benzene rings is 2. The summed E-state index contributed by atoms with van der Waals surface area (Å²) in [5, 5.41) is 4.31. The highest BCUT2D eigenvalue weighted by Gasteiger charge is 2.22. The minimum absolute atomic E-state index is 0.119. The van der Waals surface area contributed by atoms with Gasteiger partial charge < -0.3 is 9.88 Å². The number of nitrogens with zero attached hydrogens (tertiary/aromatic N) is 3. The van der Waals surface area contributed by atoms with Crippen molar-refractivity contribution < 1.29 is 4.79 Å². The van der Waals surface area contributed by atoms with Crippen LogP contribution in [0.15, 0.2) is 48.5 Å². The maximum atomic E-state index is 12.5. The summed E-state index contributed by atoms with van der Waals surface area (Å²) in [5.74, 6) is 1.31. The number of unbranched alkanes of at least 4 members (excludes halogenated alkanes) is 11. The average molecular weight is 625 g/mol. The third-order valence-corrected chi connectivity index (χ3v) is 9.05. The topological polar surface area (TPSA) is 59.8 Å². The average Bonchev–Trinajstić information content (AvgIpc) is 3.40. The highest BCUT2D eigenvalue weighted by molar-refractivity contribution is 6.03. The van der Waals surface area contributed by atoms with E-state index in [4.69, 9.17) is 9.97 Å². The minimum Gasteiger partial charge on any atom is -0.352 e. The number of aromatic nitrogens is 3. The number of amides is 1. The molecule has 2 aromatic carbocycles. The van der Waals surface area contributed by atoms with Gasteiger partial charge in [0.15, 0.2) is 0 Å². The Kier molecular flexibility index (Phi) is 14.1. The standard InChI is InChI=1S/C41H60N4O/c1-6-8-10-11-12-13-14-15-16-17-18-24-38(46)42-30-32-25-27-33(28-26-32)31-45-37(23-9-7-2)44-39-36(29-41(3,4)5)43-35-22-20-19-21-34(35)40(39)45/h19-22,25-28H,6-18,23-24,29-31H2,1-5H3,(H,42,46). The highest BCUT2D eigenvalue weighted by atomic mass is 16.1. The van der Waals surface area contributed by atoms with Crippen molar-refractivity contribution in [1.82, 2.24) is 19.9 Å². The van der Waals surface area contributed by atoms with E-state index in [1.165, 1.54) is 74.3 Å². The third kappa shape index (κ3) is 11.0. The van der Waals surface area contributed by atoms with E-state index in [0.717, 1.165) is 73.2 Å². The van der Waals surface area contributed by atoms with Gasteiger partial charge in [0.25, 0.3) is 0 Å². The first-order valence-electron chi connectivity index (χ1n) is 18.4. The fourth-order valence-corrected chi connectivity index (χ4v) is 6.45. The predicted molar refractivity (Wildman–Crippen MR) is 195 cm³/mol. The van der Waals surface area contributed by atoms with E-state index in [9.17, 15) is 4.79 Å². The molecule has 1 amide bonds. The van der Waals surface area contributed by atoms with Crippen LogP contribution in [0.1, 0.15) is 147 Å². The molecule has 0 aliphatic rings. The van der Waals surface area contributed by atoms with Gasteiger partial charge in [0.1, 0.15) is 11.3 Å². The first kappa shape index (κ1) is 35.6. The van der Waals surface area contributed by atoms with Crippen LogP contribution in [0, 0.1) is 5.41 Å². The molecule has 5 nitrogen and oxygen atoms in total. The van der Waals surface area contributed by atoms with Crippen LogP contribution in [0.25, 0.3) is 21.9 Å². The van der Waals surface area contributed by atoms with E-state index in [-0.39, 0.29) is 11.3 Å². The number of hydrogen-bond acceptors (Lipinski definition) is 3. The van der Waals surface area contributed by atoms with Crippen molar-refractivity contribution >= 4 is 27.8 Å². The Labute approximate surface area is 279 Å². The number of para-hydroxylation sites is 1. The van der Waals surface area contributed by atoms with Crippen molar-refractivity contribution in [2.45, 2.75) is 150 Å². The van der Waals surface area contributed by atoms with Gasteiger partial charge in [-0.15, -0.1) is 0 Å². The smallest absolute Gasteiger partial charge is 0.220 e. The molecule has 0 aliphatic carbocycles.